The molecule has 0 radical (unpaired) electrons. The number of methoxy groups -OCH3 is 1. The number of hydrogen-bond donors (Lipinski definition) is 9. The largest absolute Gasteiger partial charge is 0.507 e. The fraction of sp³-hybridized carbons (Fsp3) is 0.363. The van der Waals surface area contributed by atoms with Crippen LogP contribution < -0.4 is 70.5 Å². The predicted octanol–water partition coefficient (Wildman–Crippen LogP) is 14.0. The van der Waals surface area contributed by atoms with Gasteiger partial charge in [0, 0.05) is 108 Å². The number of aromatic hydroxyl groups is 1. The number of nitrogen functional groups attached to an aromatic ring is 2. The number of carbonyl (C=O) groups is 4. The number of nitrogens with one attached hydrogen (secondary N) is 6. The van der Waals surface area contributed by atoms with E-state index in [2.05, 4.69) is 130 Å². The summed E-state index contributed by atoms with van der Waals surface area (Å²) in [4.78, 5) is 115. The van der Waals surface area contributed by atoms with E-state index in [0.29, 0.717) is 125 Å². The van der Waals surface area contributed by atoms with Crippen molar-refractivity contribution < 1.29 is 71.8 Å². The SMILES string of the molecule is CC(C)COc1ccn(-c2ccc(C(=O)NS(=O)(=O)c3cccnc3N)c(N3CC(C)CC34CCC4)n2)n1.CC(C)c1ccc(-c2ccc(C(=O)NS(=O)(=O)c3ccc[nH]c3=O)c(N3C[C@@H](C)CC3(C)C)n2)cc1.COc1cc(F)ccc1-c1ccc(C(=O)NS(=O)(=O)c2cccnc2N)c(N2C[C@@H](C)CC2(C)C)n1.C[C@@H]1CN(c2nc(-c3ccccc3O)ccc2C(=O)NS(=O)(=O)c2ccc[nH]c2=O)C(C)(C)C1. The lowest BCUT2D eigenvalue weighted by molar-refractivity contribution is 0.0972. The highest BCUT2D eigenvalue weighted by Gasteiger charge is 2.51. The number of para-hydroxylation sites is 1. The van der Waals surface area contributed by atoms with Crippen LogP contribution in [-0.2, 0) is 40.1 Å². The number of nitrogens with zero attached hydrogens (tertiary/aromatic N) is 12. The summed E-state index contributed by atoms with van der Waals surface area (Å²) in [6.07, 6.45) is 13.9. The third-order valence-electron chi connectivity index (χ3n) is 25.9. The zero-order valence-corrected chi connectivity index (χ0v) is 85.8. The number of pyridine rings is 8. The molecule has 5 fully saturated rings. The van der Waals surface area contributed by atoms with E-state index in [9.17, 15) is 71.9 Å². The number of carbonyl (C=O) groups excluding carboxylic acids is 4. The number of phenolic OH excluding ortho intramolecular Hbond substituents is 1. The number of nitrogens with two attached hydrogens (primary N) is 2. The standard InChI is InChI=1S/C27H32N4O4S.C26H33N7O4S.C25H28FN5O4S.C24H26N4O5S/c1-17(2)19-8-10-20(11-9-19)22-13-12-21(24(29-22)31-16-18(3)15-27(31,4)5)25(32)30-36(34,35)23-7-6-14-28-26(23)33;1-17(2)16-37-22-9-13-33(30-22)21-8-7-19(24(29-21)32-15-18(3)14-26(32)10-5-11-26)25(34)31-38(35,36)20-6-4-12-28-23(20)27;1-15-13-25(2,3)31(14-15)23-18(24(32)30-36(33,34)21-6-5-11-28-22(21)27)9-10-19(29-23)17-8-7-16(26)12-20(17)35-4;1-15-13-24(2,3)28(14-15)21-17(10-11-18(26-21)16-7-4-5-8-19(16)29)22(30)27-34(32,33)20-9-6-12-25-23(20)31/h6-14,17-18H,15-16H2,1-5H3,(H,28,33)(H,30,32);4,6-9,12-13,17-18H,5,10-11,14-16H2,1-3H3,(H2,27,28)(H,31,34);5-12,15H,13-14H2,1-4H3,(H2,27,28)(H,30,32);4-12,15,29H,13-14H2,1-3H3,(H,25,31)(H,27,30)/t18-;;2*15-/m0.00/s1. The first-order valence-electron chi connectivity index (χ1n) is 47.0. The summed E-state index contributed by atoms with van der Waals surface area (Å²) in [5.41, 5.74) is 14.0. The van der Waals surface area contributed by atoms with Crippen molar-refractivity contribution in [2.75, 3.05) is 71.0 Å². The maximum atomic E-state index is 13.8. The summed E-state index contributed by atoms with van der Waals surface area (Å²) in [5, 5.41) is 14.8. The number of ether oxygens (including phenoxy) is 2. The van der Waals surface area contributed by atoms with E-state index < -0.39 is 90.4 Å². The van der Waals surface area contributed by atoms with Crippen molar-refractivity contribution in [3.05, 3.63) is 255 Å². The zero-order chi connectivity index (χ0) is 104. The lowest BCUT2D eigenvalue weighted by Gasteiger charge is -2.47. The highest BCUT2D eigenvalue weighted by atomic mass is 32.2. The van der Waals surface area contributed by atoms with Gasteiger partial charge in [-0.2, -0.15) is 0 Å². The second kappa shape index (κ2) is 42.2. The molecule has 17 rings (SSSR count). The second-order valence-electron chi connectivity index (χ2n) is 39.6. The highest BCUT2D eigenvalue weighted by molar-refractivity contribution is 7.91. The van der Waals surface area contributed by atoms with Gasteiger partial charge >= 0.3 is 0 Å². The first kappa shape index (κ1) is 105. The van der Waals surface area contributed by atoms with E-state index >= 15 is 0 Å². The number of anilines is 6. The van der Waals surface area contributed by atoms with Crippen LogP contribution in [0.4, 0.5) is 39.3 Å². The molecule has 1 aliphatic carbocycles. The Morgan fingerprint density at radius 1 is 0.486 bits per heavy atom. The fourth-order valence-electron chi connectivity index (χ4n) is 19.3. The summed E-state index contributed by atoms with van der Waals surface area (Å²) < 4.78 is 138. The molecular formula is C102H119FN20O17S4. The van der Waals surface area contributed by atoms with Crippen molar-refractivity contribution in [3.8, 4) is 57.0 Å². The minimum Gasteiger partial charge on any atom is -0.507 e. The maximum Gasteiger partial charge on any atom is 0.269 e. The highest BCUT2D eigenvalue weighted by Crippen LogP contribution is 2.51. The number of phenols is 1. The van der Waals surface area contributed by atoms with Crippen LogP contribution in [0.5, 0.6) is 17.4 Å². The van der Waals surface area contributed by atoms with E-state index in [4.69, 9.17) is 40.9 Å². The van der Waals surface area contributed by atoms with E-state index in [0.717, 1.165) is 69.2 Å². The van der Waals surface area contributed by atoms with Crippen LogP contribution in [0.25, 0.3) is 39.6 Å². The summed E-state index contributed by atoms with van der Waals surface area (Å²) in [5.74, 6) is 0.774. The Hall–Kier alpha value is -14.5. The smallest absolute Gasteiger partial charge is 0.269 e. The first-order valence-corrected chi connectivity index (χ1v) is 52.9. The van der Waals surface area contributed by atoms with Gasteiger partial charge in [-0.05, 0) is 249 Å². The van der Waals surface area contributed by atoms with Crippen LogP contribution in [0, 0.1) is 35.4 Å². The lowest BCUT2D eigenvalue weighted by Crippen LogP contribution is -2.50. The molecule has 4 saturated heterocycles. The molecule has 4 atom stereocenters. The number of H-pyrrole nitrogens is 2. The minimum absolute atomic E-state index is 0.0399. The molecule has 0 bridgehead atoms. The van der Waals surface area contributed by atoms with Crippen LogP contribution in [0.2, 0.25) is 0 Å². The third kappa shape index (κ3) is 23.4. The molecule has 12 aromatic rings. The van der Waals surface area contributed by atoms with Gasteiger partial charge in [0.2, 0.25) is 5.88 Å². The Morgan fingerprint density at radius 2 is 0.896 bits per heavy atom. The monoisotopic (exact) mass is 2040 g/mol. The van der Waals surface area contributed by atoms with Crippen LogP contribution >= 0.6 is 0 Å². The number of aromatic nitrogens is 10. The van der Waals surface area contributed by atoms with Crippen LogP contribution in [0.15, 0.2) is 230 Å². The van der Waals surface area contributed by atoms with Gasteiger partial charge in [0.25, 0.3) is 74.8 Å². The van der Waals surface area contributed by atoms with Crippen molar-refractivity contribution in [2.24, 2.45) is 29.6 Å². The number of sulfonamides is 4. The summed E-state index contributed by atoms with van der Waals surface area (Å²) in [6, 6.07) is 43.9. The van der Waals surface area contributed by atoms with Gasteiger partial charge in [-0.1, -0.05) is 91.8 Å². The molecule has 37 nitrogen and oxygen atoms in total. The Bertz CT molecular complexity index is 7490. The van der Waals surface area contributed by atoms with Crippen molar-refractivity contribution in [2.45, 2.75) is 190 Å². The van der Waals surface area contributed by atoms with Gasteiger partial charge in [-0.15, -0.1) is 5.10 Å². The van der Waals surface area contributed by atoms with Crippen LogP contribution in [-0.4, -0.2) is 174 Å². The number of halogens is 1. The molecule has 4 aliphatic heterocycles. The number of amides is 4. The molecule has 5 aliphatic rings. The molecule has 13 heterocycles. The lowest BCUT2D eigenvalue weighted by atomic mass is 9.73. The third-order valence-corrected chi connectivity index (χ3v) is 31.3. The number of rotatable bonds is 25. The van der Waals surface area contributed by atoms with Gasteiger partial charge < -0.3 is 55.6 Å². The van der Waals surface area contributed by atoms with E-state index in [-0.39, 0.29) is 77.3 Å². The van der Waals surface area contributed by atoms with Gasteiger partial charge in [0.15, 0.2) is 15.6 Å². The van der Waals surface area contributed by atoms with E-state index in [1.165, 1.54) is 98.1 Å². The van der Waals surface area contributed by atoms with Crippen molar-refractivity contribution >= 4 is 98.6 Å². The number of benzene rings is 3. The van der Waals surface area contributed by atoms with Crippen molar-refractivity contribution in [1.82, 2.24) is 68.5 Å². The average molecular weight is 2040 g/mol. The molecule has 760 valence electrons. The summed E-state index contributed by atoms with van der Waals surface area (Å²) >= 11 is 0. The van der Waals surface area contributed by atoms with E-state index in [1.807, 2.05) is 54.3 Å². The minimum atomic E-state index is -4.42. The van der Waals surface area contributed by atoms with E-state index in [1.54, 1.807) is 83.7 Å². The normalized spacial score (nSPS) is 17.7. The average Bonchev–Trinajstić information content (AvgIpc) is 1.61. The topological polar surface area (TPSA) is 518 Å². The molecule has 1 saturated carbocycles. The Labute approximate surface area is 835 Å². The molecule has 9 aromatic heterocycles. The second-order valence-corrected chi connectivity index (χ2v) is 46.2. The summed E-state index contributed by atoms with van der Waals surface area (Å²) in [7, 11) is -15.9. The van der Waals surface area contributed by atoms with Crippen LogP contribution in [0.1, 0.15) is 195 Å². The Kier molecular flexibility index (Phi) is 30.8. The van der Waals surface area contributed by atoms with Gasteiger partial charge in [0.1, 0.15) is 62.0 Å². The van der Waals surface area contributed by atoms with Crippen LogP contribution in [0.3, 0.4) is 0 Å². The first-order chi connectivity index (χ1) is 67.9. The van der Waals surface area contributed by atoms with Crippen molar-refractivity contribution in [1.29, 1.82) is 0 Å². The fourth-order valence-corrected chi connectivity index (χ4v) is 23.4. The quantitative estimate of drug-likeness (QED) is 0.0257. The van der Waals surface area contributed by atoms with Gasteiger partial charge in [-0.3, -0.25) is 28.8 Å². The number of hydrogen-bond acceptors (Lipinski definition) is 30. The Balaban J connectivity index is 0.000000152. The molecule has 3 aromatic carbocycles. The van der Waals surface area contributed by atoms with Gasteiger partial charge in [-0.25, -0.2) is 91.5 Å². The molecule has 144 heavy (non-hydrogen) atoms. The molecule has 1 unspecified atom stereocenters. The summed E-state index contributed by atoms with van der Waals surface area (Å²) in [6.45, 7) is 32.4. The van der Waals surface area contributed by atoms with Crippen molar-refractivity contribution in [3.63, 3.8) is 0 Å². The molecule has 42 heteroatoms. The maximum absolute atomic E-state index is 13.8. The predicted molar refractivity (Wildman–Crippen MR) is 546 cm³/mol. The molecular weight excluding hydrogens is 1920 g/mol. The molecule has 1 spiro atoms. The molecule has 4 amide bonds. The molecule has 11 N–H and O–H groups in total. The number of aromatic amines is 2. The van der Waals surface area contributed by atoms with Gasteiger partial charge in [0.05, 0.1) is 53.1 Å². The zero-order valence-electron chi connectivity index (χ0n) is 82.5. The Morgan fingerprint density at radius 3 is 1.31 bits per heavy atom.